The molecule has 0 N–H and O–H groups in total. The van der Waals surface area contributed by atoms with Gasteiger partial charge in [0.25, 0.3) is 0 Å². The van der Waals surface area contributed by atoms with Crippen LogP contribution in [-0.4, -0.2) is 0 Å². The van der Waals surface area contributed by atoms with E-state index in [1.54, 1.807) is 0 Å². The molecular weight excluding hydrogens is 767 g/mol. The van der Waals surface area contributed by atoms with Gasteiger partial charge in [0.1, 0.15) is 0 Å². The van der Waals surface area contributed by atoms with E-state index >= 15 is 0 Å². The highest BCUT2D eigenvalue weighted by Gasteiger charge is 2.45. The lowest BCUT2D eigenvalue weighted by atomic mass is 9.76. The highest BCUT2D eigenvalue weighted by Crippen LogP contribution is 2.59. The van der Waals surface area contributed by atoms with Gasteiger partial charge < -0.3 is 4.90 Å². The molecule has 13 rings (SSSR count). The van der Waals surface area contributed by atoms with Crippen LogP contribution in [-0.2, 0) is 10.8 Å². The van der Waals surface area contributed by atoms with Crippen LogP contribution >= 0.6 is 11.3 Å². The van der Waals surface area contributed by atoms with Crippen molar-refractivity contribution in [3.63, 3.8) is 0 Å². The summed E-state index contributed by atoms with van der Waals surface area (Å²) < 4.78 is 2.67. The van der Waals surface area contributed by atoms with Gasteiger partial charge in [0.2, 0.25) is 0 Å². The number of hydrogen-bond donors (Lipinski definition) is 0. The van der Waals surface area contributed by atoms with Gasteiger partial charge in [-0.3, -0.25) is 0 Å². The topological polar surface area (TPSA) is 3.24 Å². The normalized spacial score (nSPS) is 15.3. The molecule has 1 spiro atoms. The molecule has 1 nitrogen and oxygen atoms in total. The molecule has 0 amide bonds. The molecule has 9 aromatic carbocycles. The van der Waals surface area contributed by atoms with Crippen LogP contribution in [0.3, 0.4) is 0 Å². The number of thiophene rings is 1. The number of benzene rings is 9. The number of fused-ring (bicyclic) bond motifs is 13. The van der Waals surface area contributed by atoms with Gasteiger partial charge in [-0.15, -0.1) is 11.3 Å². The molecule has 62 heavy (non-hydrogen) atoms. The van der Waals surface area contributed by atoms with E-state index in [1.165, 1.54) is 140 Å². The maximum atomic E-state index is 2.61. The van der Waals surface area contributed by atoms with E-state index in [9.17, 15) is 0 Å². The van der Waals surface area contributed by atoms with E-state index in [4.69, 9.17) is 0 Å². The lowest BCUT2D eigenvalue weighted by Crippen LogP contribution is -2.21. The van der Waals surface area contributed by atoms with Gasteiger partial charge in [-0.05, 0) is 110 Å². The zero-order chi connectivity index (χ0) is 41.2. The number of hydrogen-bond acceptors (Lipinski definition) is 2. The molecule has 1 aromatic heterocycles. The Labute approximate surface area is 367 Å². The van der Waals surface area contributed by atoms with Gasteiger partial charge in [-0.1, -0.05) is 184 Å². The Bertz CT molecular complexity index is 3470. The van der Waals surface area contributed by atoms with Crippen molar-refractivity contribution >= 4 is 59.3 Å². The Morgan fingerprint density at radius 3 is 1.77 bits per heavy atom. The van der Waals surface area contributed by atoms with E-state index in [0.29, 0.717) is 0 Å². The third-order valence-corrected chi connectivity index (χ3v) is 16.0. The van der Waals surface area contributed by atoms with Crippen LogP contribution in [0.1, 0.15) is 61.8 Å². The minimum atomic E-state index is -0.160. The van der Waals surface area contributed by atoms with Crippen LogP contribution in [0.2, 0.25) is 0 Å². The zero-order valence-electron chi connectivity index (χ0n) is 35.1. The fraction of sp³-hybridized carbons (Fsp3) is 0.133. The third kappa shape index (κ3) is 4.96. The summed E-state index contributed by atoms with van der Waals surface area (Å²) in [5, 5.41) is 5.25. The van der Waals surface area contributed by atoms with Gasteiger partial charge in [0.05, 0.1) is 11.4 Å². The maximum Gasteiger partial charge on any atom is 0.0540 e. The van der Waals surface area contributed by atoms with Crippen molar-refractivity contribution < 1.29 is 0 Å². The largest absolute Gasteiger partial charge is 0.309 e. The van der Waals surface area contributed by atoms with Crippen LogP contribution in [0, 0.1) is 0 Å². The minimum absolute atomic E-state index is 0.0483. The molecule has 0 aliphatic heterocycles. The van der Waals surface area contributed by atoms with Gasteiger partial charge in [0.15, 0.2) is 0 Å². The Balaban J connectivity index is 1.09. The number of rotatable bonds is 5. The van der Waals surface area contributed by atoms with Crippen molar-refractivity contribution in [3.05, 3.63) is 210 Å². The molecule has 0 radical (unpaired) electrons. The molecule has 0 bridgehead atoms. The number of para-hydroxylation sites is 2. The molecule has 1 fully saturated rings. The van der Waals surface area contributed by atoms with E-state index < -0.39 is 0 Å². The molecule has 10 aromatic rings. The smallest absolute Gasteiger partial charge is 0.0540 e. The maximum absolute atomic E-state index is 2.61. The number of nitrogens with zero attached hydrogens (tertiary/aromatic N) is 1. The highest BCUT2D eigenvalue weighted by molar-refractivity contribution is 7.26. The van der Waals surface area contributed by atoms with Crippen molar-refractivity contribution in [1.82, 2.24) is 0 Å². The Kier molecular flexibility index (Phi) is 7.76. The minimum Gasteiger partial charge on any atom is -0.309 e. The van der Waals surface area contributed by atoms with E-state index in [2.05, 4.69) is 207 Å². The first-order valence-corrected chi connectivity index (χ1v) is 23.1. The molecule has 3 aliphatic rings. The Morgan fingerprint density at radius 2 is 1.00 bits per heavy atom. The van der Waals surface area contributed by atoms with Crippen molar-refractivity contribution in [2.24, 2.45) is 0 Å². The van der Waals surface area contributed by atoms with Crippen molar-refractivity contribution in [3.8, 4) is 44.5 Å². The average molecular weight is 812 g/mol. The fourth-order valence-corrected chi connectivity index (χ4v) is 13.4. The fourth-order valence-electron chi connectivity index (χ4n) is 12.2. The average Bonchev–Trinajstić information content (AvgIpc) is 4.09. The molecule has 2 heteroatoms. The first-order chi connectivity index (χ1) is 30.5. The summed E-state index contributed by atoms with van der Waals surface area (Å²) in [5.74, 6) is 0. The number of anilines is 3. The summed E-state index contributed by atoms with van der Waals surface area (Å²) in [7, 11) is 0. The van der Waals surface area contributed by atoms with Crippen molar-refractivity contribution in [1.29, 1.82) is 0 Å². The lowest BCUT2D eigenvalue weighted by molar-refractivity contribution is 0.550. The standard InChI is InChI=1S/C60H45NS/c1-59(2)50-26-9-5-20-42(50)47-24-15-25-48(57(47)59)45-22-8-12-29-54(45)61(39-32-34-43-41-19-6-10-27-51(41)60(52(43)37-39)35-13-14-36-60)53-28-11-7-21-44(53)46-23-16-30-55-56(46)49-33-31-38-17-3-4-18-40(38)58(49)62-55/h3-12,15-34,37H,13-14,35-36H2,1-2H3. The van der Waals surface area contributed by atoms with Crippen LogP contribution in [0.5, 0.6) is 0 Å². The van der Waals surface area contributed by atoms with Gasteiger partial charge >= 0.3 is 0 Å². The SMILES string of the molecule is CC1(C)c2ccccc2-c2cccc(-c3ccccc3N(c3ccc4c(c3)C3(CCCC3)c3ccccc3-4)c3ccccc3-c3cccc4sc5c6ccccc6ccc5c34)c21. The first kappa shape index (κ1) is 36.0. The summed E-state index contributed by atoms with van der Waals surface area (Å²) >= 11 is 1.92. The summed E-state index contributed by atoms with van der Waals surface area (Å²) in [4.78, 5) is 2.61. The van der Waals surface area contributed by atoms with Crippen molar-refractivity contribution in [2.75, 3.05) is 4.90 Å². The highest BCUT2D eigenvalue weighted by atomic mass is 32.1. The molecule has 0 atom stereocenters. The second kappa shape index (κ2) is 13.4. The predicted molar refractivity (Wildman–Crippen MR) is 265 cm³/mol. The van der Waals surface area contributed by atoms with Gasteiger partial charge in [0, 0.05) is 47.8 Å². The second-order valence-electron chi connectivity index (χ2n) is 18.3. The van der Waals surface area contributed by atoms with Crippen LogP contribution < -0.4 is 4.90 Å². The summed E-state index contributed by atoms with van der Waals surface area (Å²) in [6.45, 7) is 4.82. The van der Waals surface area contributed by atoms with Crippen LogP contribution in [0.15, 0.2) is 188 Å². The summed E-state index contributed by atoms with van der Waals surface area (Å²) in [6, 6.07) is 71.4. The first-order valence-electron chi connectivity index (χ1n) is 22.3. The zero-order valence-corrected chi connectivity index (χ0v) is 35.9. The molecule has 296 valence electrons. The molecule has 1 saturated carbocycles. The molecule has 0 saturated heterocycles. The molecule has 3 aliphatic carbocycles. The van der Waals surface area contributed by atoms with E-state index in [-0.39, 0.29) is 10.8 Å². The molecule has 0 unspecified atom stereocenters. The molecule has 1 heterocycles. The molecular formula is C60H45NS. The Hall–Kier alpha value is -6.74. The Morgan fingerprint density at radius 1 is 0.435 bits per heavy atom. The van der Waals surface area contributed by atoms with E-state index in [1.807, 2.05) is 11.3 Å². The summed E-state index contributed by atoms with van der Waals surface area (Å²) in [6.07, 6.45) is 4.92. The van der Waals surface area contributed by atoms with Crippen LogP contribution in [0.25, 0.3) is 75.5 Å². The van der Waals surface area contributed by atoms with Crippen LogP contribution in [0.4, 0.5) is 17.1 Å². The monoisotopic (exact) mass is 811 g/mol. The van der Waals surface area contributed by atoms with Gasteiger partial charge in [-0.25, -0.2) is 0 Å². The summed E-state index contributed by atoms with van der Waals surface area (Å²) in [5.41, 5.74) is 19.8. The quantitative estimate of drug-likeness (QED) is 0.167. The third-order valence-electron chi connectivity index (χ3n) is 14.8. The second-order valence-corrected chi connectivity index (χ2v) is 19.3. The lowest BCUT2D eigenvalue weighted by Gasteiger charge is -2.33. The van der Waals surface area contributed by atoms with E-state index in [0.717, 1.165) is 0 Å². The van der Waals surface area contributed by atoms with Crippen molar-refractivity contribution in [2.45, 2.75) is 50.4 Å². The van der Waals surface area contributed by atoms with Gasteiger partial charge in [-0.2, -0.15) is 0 Å². The predicted octanol–water partition coefficient (Wildman–Crippen LogP) is 17.2.